The van der Waals surface area contributed by atoms with Crippen molar-refractivity contribution in [3.05, 3.63) is 35.4 Å². The Balaban J connectivity index is 2.84. The van der Waals surface area contributed by atoms with E-state index in [1.165, 1.54) is 12.1 Å². The highest BCUT2D eigenvalue weighted by Crippen LogP contribution is 2.20. The van der Waals surface area contributed by atoms with E-state index in [-0.39, 0.29) is 11.4 Å². The van der Waals surface area contributed by atoms with Gasteiger partial charge in [0.25, 0.3) is 0 Å². The molecule has 0 fully saturated rings. The number of hydrogen-bond donors (Lipinski definition) is 0. The first-order chi connectivity index (χ1) is 7.36. The molecule has 4 heteroatoms. The highest BCUT2D eigenvalue weighted by Gasteiger charge is 2.22. The molecule has 0 unspecified atom stereocenters. The van der Waals surface area contributed by atoms with Gasteiger partial charge in [0.15, 0.2) is 0 Å². The fraction of sp³-hybridized carbons (Fsp3) is 0.500. The molecule has 16 heavy (non-hydrogen) atoms. The summed E-state index contributed by atoms with van der Waals surface area (Å²) in [5.74, 6) is -0.764. The van der Waals surface area contributed by atoms with Crippen LogP contribution >= 0.6 is 15.9 Å². The van der Waals surface area contributed by atoms with Crippen molar-refractivity contribution < 1.29 is 8.78 Å². The Morgan fingerprint density at radius 2 is 1.94 bits per heavy atom. The third-order valence-corrected chi connectivity index (χ3v) is 4.15. The van der Waals surface area contributed by atoms with Gasteiger partial charge in [0.2, 0.25) is 0 Å². The van der Waals surface area contributed by atoms with Crippen molar-refractivity contribution >= 4 is 15.9 Å². The lowest BCUT2D eigenvalue weighted by Gasteiger charge is -2.34. The lowest BCUT2D eigenvalue weighted by atomic mass is 10.1. The standard InChI is InChI=1S/C12H16BrF2N/c1-12(2,8-13)16(3)7-9-6-10(14)4-5-11(9)15/h4-6H,7-8H2,1-3H3. The molecule has 1 rings (SSSR count). The molecular formula is C12H16BrF2N. The largest absolute Gasteiger partial charge is 0.296 e. The van der Waals surface area contributed by atoms with Gasteiger partial charge in [-0.2, -0.15) is 0 Å². The highest BCUT2D eigenvalue weighted by molar-refractivity contribution is 9.09. The molecular weight excluding hydrogens is 276 g/mol. The van der Waals surface area contributed by atoms with Crippen LogP contribution in [0, 0.1) is 11.6 Å². The van der Waals surface area contributed by atoms with Crippen molar-refractivity contribution in [3.8, 4) is 0 Å². The molecule has 0 aliphatic heterocycles. The summed E-state index contributed by atoms with van der Waals surface area (Å²) in [5.41, 5.74) is 0.287. The van der Waals surface area contributed by atoms with Gasteiger partial charge >= 0.3 is 0 Å². The summed E-state index contributed by atoms with van der Waals surface area (Å²) in [6, 6.07) is 3.55. The minimum atomic E-state index is -0.401. The summed E-state index contributed by atoms with van der Waals surface area (Å²) < 4.78 is 26.4. The van der Waals surface area contributed by atoms with Gasteiger partial charge in [-0.3, -0.25) is 4.90 Å². The van der Waals surface area contributed by atoms with Crippen molar-refractivity contribution in [1.29, 1.82) is 0 Å². The summed E-state index contributed by atoms with van der Waals surface area (Å²) in [5, 5.41) is 0.771. The second-order valence-electron chi connectivity index (χ2n) is 4.54. The molecule has 0 aliphatic rings. The molecule has 0 spiro atoms. The number of benzene rings is 1. The quantitative estimate of drug-likeness (QED) is 0.767. The van der Waals surface area contributed by atoms with E-state index in [4.69, 9.17) is 0 Å². The van der Waals surface area contributed by atoms with E-state index < -0.39 is 5.82 Å². The minimum Gasteiger partial charge on any atom is -0.296 e. The summed E-state index contributed by atoms with van der Waals surface area (Å²) in [7, 11) is 1.89. The van der Waals surface area contributed by atoms with Crippen LogP contribution in [0.3, 0.4) is 0 Å². The zero-order chi connectivity index (χ0) is 12.3. The number of hydrogen-bond acceptors (Lipinski definition) is 1. The normalized spacial score (nSPS) is 12.2. The third kappa shape index (κ3) is 3.25. The second kappa shape index (κ2) is 5.23. The van der Waals surface area contributed by atoms with Crippen LogP contribution in [0.4, 0.5) is 8.78 Å². The van der Waals surface area contributed by atoms with E-state index >= 15 is 0 Å². The van der Waals surface area contributed by atoms with Gasteiger partial charge in [-0.15, -0.1) is 0 Å². The van der Waals surface area contributed by atoms with Crippen LogP contribution in [0.5, 0.6) is 0 Å². The Bertz CT molecular complexity index is 366. The predicted octanol–water partition coefficient (Wildman–Crippen LogP) is 3.57. The second-order valence-corrected chi connectivity index (χ2v) is 5.10. The maximum atomic E-state index is 13.4. The number of halogens is 3. The SMILES string of the molecule is CN(Cc1cc(F)ccc1F)C(C)(C)CBr. The Labute approximate surface area is 104 Å². The van der Waals surface area contributed by atoms with Crippen LogP contribution in [-0.2, 0) is 6.54 Å². The lowest BCUT2D eigenvalue weighted by Crippen LogP contribution is -2.42. The minimum absolute atomic E-state index is 0.0985. The molecule has 0 saturated carbocycles. The molecule has 0 heterocycles. The van der Waals surface area contributed by atoms with Crippen LogP contribution in [0.15, 0.2) is 18.2 Å². The monoisotopic (exact) mass is 291 g/mol. The Morgan fingerprint density at radius 3 is 2.50 bits per heavy atom. The zero-order valence-electron chi connectivity index (χ0n) is 9.73. The van der Waals surface area contributed by atoms with Gasteiger partial charge in [0.05, 0.1) is 0 Å². The van der Waals surface area contributed by atoms with Crippen LogP contribution in [0.25, 0.3) is 0 Å². The van der Waals surface area contributed by atoms with E-state index in [0.717, 1.165) is 11.4 Å². The van der Waals surface area contributed by atoms with Crippen molar-refractivity contribution in [2.24, 2.45) is 0 Å². The van der Waals surface area contributed by atoms with Crippen LogP contribution in [0.1, 0.15) is 19.4 Å². The van der Waals surface area contributed by atoms with Crippen molar-refractivity contribution in [2.45, 2.75) is 25.9 Å². The summed E-state index contributed by atoms with van der Waals surface area (Å²) in [6.07, 6.45) is 0. The number of rotatable bonds is 4. The van der Waals surface area contributed by atoms with E-state index in [1.54, 1.807) is 0 Å². The molecule has 0 atom stereocenters. The van der Waals surface area contributed by atoms with E-state index in [1.807, 2.05) is 25.8 Å². The zero-order valence-corrected chi connectivity index (χ0v) is 11.3. The third-order valence-electron chi connectivity index (χ3n) is 2.78. The van der Waals surface area contributed by atoms with E-state index in [2.05, 4.69) is 15.9 Å². The molecule has 90 valence electrons. The Hall–Kier alpha value is -0.480. The van der Waals surface area contributed by atoms with Crippen molar-refractivity contribution in [1.82, 2.24) is 4.90 Å². The van der Waals surface area contributed by atoms with Crippen LogP contribution in [0.2, 0.25) is 0 Å². The topological polar surface area (TPSA) is 3.24 Å². The summed E-state index contributed by atoms with van der Waals surface area (Å²) in [6.45, 7) is 4.47. The first-order valence-electron chi connectivity index (χ1n) is 5.08. The van der Waals surface area contributed by atoms with Gasteiger partial charge in [0, 0.05) is 23.0 Å². The van der Waals surface area contributed by atoms with Crippen molar-refractivity contribution in [3.63, 3.8) is 0 Å². The Morgan fingerprint density at radius 1 is 1.31 bits per heavy atom. The molecule has 0 bridgehead atoms. The molecule has 0 aliphatic carbocycles. The highest BCUT2D eigenvalue weighted by atomic mass is 79.9. The van der Waals surface area contributed by atoms with Gasteiger partial charge in [-0.05, 0) is 39.1 Å². The van der Waals surface area contributed by atoms with Crippen LogP contribution in [-0.4, -0.2) is 22.8 Å². The lowest BCUT2D eigenvalue weighted by molar-refractivity contribution is 0.171. The molecule has 0 N–H and O–H groups in total. The fourth-order valence-electron chi connectivity index (χ4n) is 1.24. The molecule has 0 aromatic heterocycles. The Kier molecular flexibility index (Phi) is 4.44. The van der Waals surface area contributed by atoms with Gasteiger partial charge in [-0.1, -0.05) is 15.9 Å². The molecule has 0 saturated heterocycles. The summed E-state index contributed by atoms with van der Waals surface area (Å²) >= 11 is 3.41. The van der Waals surface area contributed by atoms with Crippen LogP contribution < -0.4 is 0 Å². The van der Waals surface area contributed by atoms with E-state index in [9.17, 15) is 8.78 Å². The van der Waals surface area contributed by atoms with Gasteiger partial charge in [-0.25, -0.2) is 8.78 Å². The first-order valence-corrected chi connectivity index (χ1v) is 6.20. The summed E-state index contributed by atoms with van der Waals surface area (Å²) in [4.78, 5) is 1.99. The average Bonchev–Trinajstić information content (AvgIpc) is 2.23. The smallest absolute Gasteiger partial charge is 0.127 e. The molecule has 0 amide bonds. The first kappa shape index (κ1) is 13.6. The van der Waals surface area contributed by atoms with Gasteiger partial charge < -0.3 is 0 Å². The number of nitrogens with zero attached hydrogens (tertiary/aromatic N) is 1. The van der Waals surface area contributed by atoms with E-state index in [0.29, 0.717) is 12.1 Å². The molecule has 1 aromatic rings. The van der Waals surface area contributed by atoms with Crippen molar-refractivity contribution in [2.75, 3.05) is 12.4 Å². The molecule has 0 radical (unpaired) electrons. The maximum Gasteiger partial charge on any atom is 0.127 e. The predicted molar refractivity (Wildman–Crippen MR) is 65.7 cm³/mol. The number of alkyl halides is 1. The fourth-order valence-corrected chi connectivity index (χ4v) is 1.66. The molecule has 1 nitrogen and oxygen atoms in total. The van der Waals surface area contributed by atoms with Gasteiger partial charge in [0.1, 0.15) is 11.6 Å². The molecule has 1 aromatic carbocycles. The maximum absolute atomic E-state index is 13.4. The average molecular weight is 292 g/mol.